The van der Waals surface area contributed by atoms with Crippen LogP contribution < -0.4 is 5.43 Å². The molecule has 2 fully saturated rings. The Morgan fingerprint density at radius 2 is 2.04 bits per heavy atom. The van der Waals surface area contributed by atoms with Crippen LogP contribution in [-0.2, 0) is 21.0 Å². The third-order valence-corrected chi connectivity index (χ3v) is 5.33. The molecular weight excluding hydrogens is 330 g/mol. The van der Waals surface area contributed by atoms with Crippen LogP contribution in [0.2, 0.25) is 0 Å². The van der Waals surface area contributed by atoms with Crippen LogP contribution in [0.25, 0.3) is 0 Å². The van der Waals surface area contributed by atoms with Gasteiger partial charge in [-0.25, -0.2) is 10.5 Å². The minimum absolute atomic E-state index is 0.0876. The lowest BCUT2D eigenvalue weighted by atomic mass is 9.92. The minimum Gasteiger partial charge on any atom is -0.278 e. The normalized spacial score (nSPS) is 18.8. The van der Waals surface area contributed by atoms with Gasteiger partial charge >= 0.3 is 0 Å². The van der Waals surface area contributed by atoms with Crippen molar-refractivity contribution in [1.82, 2.24) is 15.5 Å². The minimum atomic E-state index is -0.218. The molecule has 1 aliphatic carbocycles. The number of hydrogen-bond acceptors (Lipinski definition) is 4. The second kappa shape index (κ2) is 9.69. The molecule has 1 atom stereocenters. The molecule has 0 aromatic heterocycles. The Morgan fingerprint density at radius 3 is 2.69 bits per heavy atom. The molecule has 0 unspecified atom stereocenters. The molecule has 6 heteroatoms. The Kier molecular flexibility index (Phi) is 7.03. The van der Waals surface area contributed by atoms with Crippen LogP contribution in [0.1, 0.15) is 44.1 Å². The number of hydrogen-bond donors (Lipinski definition) is 1. The number of rotatable bonds is 9. The number of benzene rings is 1. The number of nitrogens with zero attached hydrogens (tertiary/aromatic N) is 2. The highest BCUT2D eigenvalue weighted by Gasteiger charge is 2.31. The molecule has 1 aromatic carbocycles. The molecule has 0 bridgehead atoms. The zero-order valence-corrected chi connectivity index (χ0v) is 15.3. The Bertz CT molecular complexity index is 569. The van der Waals surface area contributed by atoms with Crippen molar-refractivity contribution in [3.05, 3.63) is 35.9 Å². The maximum atomic E-state index is 12.9. The van der Waals surface area contributed by atoms with E-state index < -0.39 is 0 Å². The summed E-state index contributed by atoms with van der Waals surface area (Å²) in [5.74, 6) is 0.448. The molecular formula is C20H29N3O3. The third-order valence-electron chi connectivity index (χ3n) is 5.33. The van der Waals surface area contributed by atoms with Crippen LogP contribution in [0.15, 0.2) is 30.3 Å². The highest BCUT2D eigenvalue weighted by molar-refractivity contribution is 5.79. The lowest BCUT2D eigenvalue weighted by Gasteiger charge is -2.28. The molecule has 1 aromatic rings. The van der Waals surface area contributed by atoms with E-state index in [1.165, 1.54) is 30.7 Å². The van der Waals surface area contributed by atoms with Gasteiger partial charge in [0.2, 0.25) is 12.3 Å². The summed E-state index contributed by atoms with van der Waals surface area (Å²) in [4.78, 5) is 30.1. The largest absolute Gasteiger partial charge is 0.278 e. The van der Waals surface area contributed by atoms with Crippen LogP contribution in [0.3, 0.4) is 0 Å². The number of amides is 2. The van der Waals surface area contributed by atoms with Gasteiger partial charge in [0.15, 0.2) is 0 Å². The molecule has 2 aliphatic rings. The molecule has 1 saturated heterocycles. The Balaban J connectivity index is 1.59. The fourth-order valence-corrected chi connectivity index (χ4v) is 3.92. The SMILES string of the molecule is O=CN(C[C@@H](CC1CCCC1)C(=O)N1CCCN1)OCc1ccccc1. The first-order valence-corrected chi connectivity index (χ1v) is 9.70. The van der Waals surface area contributed by atoms with Crippen molar-refractivity contribution in [3.8, 4) is 0 Å². The Labute approximate surface area is 155 Å². The van der Waals surface area contributed by atoms with Crippen molar-refractivity contribution in [2.75, 3.05) is 19.6 Å². The van der Waals surface area contributed by atoms with E-state index >= 15 is 0 Å². The Morgan fingerprint density at radius 1 is 1.27 bits per heavy atom. The number of carbonyl (C=O) groups is 2. The summed E-state index contributed by atoms with van der Waals surface area (Å²) in [6, 6.07) is 9.74. The first-order chi connectivity index (χ1) is 12.8. The highest BCUT2D eigenvalue weighted by atomic mass is 16.7. The molecule has 26 heavy (non-hydrogen) atoms. The quantitative estimate of drug-likeness (QED) is 0.544. The van der Waals surface area contributed by atoms with Crippen LogP contribution in [0.4, 0.5) is 0 Å². The standard InChI is InChI=1S/C20H29N3O3/c24-16-22(26-15-18-9-2-1-3-10-18)14-19(13-17-7-4-5-8-17)20(25)23-12-6-11-21-23/h1-3,9-10,16-17,19,21H,4-8,11-15H2/t19-/m1/s1. The fraction of sp³-hybridized carbons (Fsp3) is 0.600. The van der Waals surface area contributed by atoms with Gasteiger partial charge in [0.1, 0.15) is 6.61 Å². The zero-order valence-electron chi connectivity index (χ0n) is 15.3. The van der Waals surface area contributed by atoms with Crippen molar-refractivity contribution in [2.45, 2.75) is 45.1 Å². The summed E-state index contributed by atoms with van der Waals surface area (Å²) in [7, 11) is 0. The summed E-state index contributed by atoms with van der Waals surface area (Å²) in [5, 5.41) is 3.01. The maximum absolute atomic E-state index is 12.9. The van der Waals surface area contributed by atoms with Crippen molar-refractivity contribution >= 4 is 12.3 Å². The van der Waals surface area contributed by atoms with Gasteiger partial charge in [0.25, 0.3) is 0 Å². The van der Waals surface area contributed by atoms with Crippen LogP contribution in [0, 0.1) is 11.8 Å². The van der Waals surface area contributed by atoms with Gasteiger partial charge in [-0.3, -0.25) is 19.4 Å². The van der Waals surface area contributed by atoms with Gasteiger partial charge in [-0.1, -0.05) is 56.0 Å². The van der Waals surface area contributed by atoms with Gasteiger partial charge in [-0.05, 0) is 24.3 Å². The van der Waals surface area contributed by atoms with Crippen molar-refractivity contribution < 1.29 is 14.4 Å². The van der Waals surface area contributed by atoms with Crippen LogP contribution in [-0.4, -0.2) is 42.0 Å². The second-order valence-corrected chi connectivity index (χ2v) is 7.30. The van der Waals surface area contributed by atoms with E-state index in [0.29, 0.717) is 25.5 Å². The number of carbonyl (C=O) groups excluding carboxylic acids is 2. The van der Waals surface area contributed by atoms with Crippen molar-refractivity contribution in [1.29, 1.82) is 0 Å². The predicted octanol–water partition coefficient (Wildman–Crippen LogP) is 2.51. The van der Waals surface area contributed by atoms with Gasteiger partial charge in [0.05, 0.1) is 12.5 Å². The zero-order chi connectivity index (χ0) is 18.2. The molecule has 1 aliphatic heterocycles. The molecule has 0 radical (unpaired) electrons. The monoisotopic (exact) mass is 359 g/mol. The van der Waals surface area contributed by atoms with E-state index in [-0.39, 0.29) is 11.8 Å². The summed E-state index contributed by atoms with van der Waals surface area (Å²) < 4.78 is 0. The van der Waals surface area contributed by atoms with Gasteiger partial charge in [-0.15, -0.1) is 0 Å². The van der Waals surface area contributed by atoms with Crippen molar-refractivity contribution in [3.63, 3.8) is 0 Å². The van der Waals surface area contributed by atoms with E-state index in [9.17, 15) is 9.59 Å². The molecule has 1 saturated carbocycles. The molecule has 1 N–H and O–H groups in total. The number of hydrazine groups is 1. The number of hydroxylamine groups is 2. The van der Waals surface area contributed by atoms with Gasteiger partial charge in [0, 0.05) is 13.1 Å². The predicted molar refractivity (Wildman–Crippen MR) is 98.4 cm³/mol. The smallest absolute Gasteiger partial charge is 0.241 e. The van der Waals surface area contributed by atoms with E-state index in [1.54, 1.807) is 5.01 Å². The second-order valence-electron chi connectivity index (χ2n) is 7.30. The first-order valence-electron chi connectivity index (χ1n) is 9.70. The molecule has 6 nitrogen and oxygen atoms in total. The summed E-state index contributed by atoms with van der Waals surface area (Å²) in [6.45, 7) is 2.21. The fourth-order valence-electron chi connectivity index (χ4n) is 3.92. The lowest BCUT2D eigenvalue weighted by Crippen LogP contribution is -2.45. The van der Waals surface area contributed by atoms with Crippen LogP contribution >= 0.6 is 0 Å². The summed E-state index contributed by atoms with van der Waals surface area (Å²) >= 11 is 0. The molecule has 142 valence electrons. The first kappa shape index (κ1) is 18.9. The van der Waals surface area contributed by atoms with E-state index in [1.807, 2.05) is 30.3 Å². The lowest BCUT2D eigenvalue weighted by molar-refractivity contribution is -0.183. The molecule has 1 heterocycles. The molecule has 3 rings (SSSR count). The van der Waals surface area contributed by atoms with E-state index in [0.717, 1.165) is 31.5 Å². The average Bonchev–Trinajstić information content (AvgIpc) is 3.38. The third kappa shape index (κ3) is 5.29. The van der Waals surface area contributed by atoms with E-state index in [4.69, 9.17) is 4.84 Å². The van der Waals surface area contributed by atoms with Gasteiger partial charge in [-0.2, -0.15) is 0 Å². The summed E-state index contributed by atoms with van der Waals surface area (Å²) in [6.07, 6.45) is 7.35. The maximum Gasteiger partial charge on any atom is 0.241 e. The van der Waals surface area contributed by atoms with Crippen LogP contribution in [0.5, 0.6) is 0 Å². The summed E-state index contributed by atoms with van der Waals surface area (Å²) in [5.41, 5.74) is 4.15. The highest BCUT2D eigenvalue weighted by Crippen LogP contribution is 2.31. The topological polar surface area (TPSA) is 61.9 Å². The molecule has 2 amide bonds. The van der Waals surface area contributed by atoms with Gasteiger partial charge < -0.3 is 0 Å². The average molecular weight is 359 g/mol. The van der Waals surface area contributed by atoms with Crippen molar-refractivity contribution in [2.24, 2.45) is 11.8 Å². The number of nitrogens with one attached hydrogen (secondary N) is 1. The molecule has 0 spiro atoms. The van der Waals surface area contributed by atoms with E-state index in [2.05, 4.69) is 5.43 Å². The Hall–Kier alpha value is -1.92.